The van der Waals surface area contributed by atoms with E-state index < -0.39 is 0 Å². The predicted molar refractivity (Wildman–Crippen MR) is 122 cm³/mol. The maximum Gasteiger partial charge on any atom is 0.0579 e. The molecule has 0 amide bonds. The minimum Gasteiger partial charge on any atom is -0.393 e. The first-order valence-electron chi connectivity index (χ1n) is 13.0. The van der Waals surface area contributed by atoms with E-state index in [4.69, 9.17) is 0 Å². The van der Waals surface area contributed by atoms with Crippen LogP contribution in [-0.4, -0.2) is 35.0 Å². The third-order valence-electron chi connectivity index (χ3n) is 11.1. The maximum absolute atomic E-state index is 11.4. The van der Waals surface area contributed by atoms with Crippen molar-refractivity contribution in [2.45, 2.75) is 104 Å². The van der Waals surface area contributed by atoms with Crippen LogP contribution in [0.5, 0.6) is 0 Å². The van der Waals surface area contributed by atoms with E-state index in [0.29, 0.717) is 29.2 Å². The molecule has 30 heavy (non-hydrogen) atoms. The average Bonchev–Trinajstić information content (AvgIpc) is 2.98. The highest BCUT2D eigenvalue weighted by atomic mass is 16.3. The Bertz CT molecular complexity index is 682. The fourth-order valence-corrected chi connectivity index (χ4v) is 9.36. The van der Waals surface area contributed by atoms with Crippen LogP contribution in [0.2, 0.25) is 0 Å². The molecule has 170 valence electrons. The minimum absolute atomic E-state index is 0.126. The number of piperidine rings is 1. The fraction of sp³-hybridized carbons (Fsp3) is 0.926. The zero-order valence-corrected chi connectivity index (χ0v) is 19.7. The summed E-state index contributed by atoms with van der Waals surface area (Å²) >= 11 is 0. The second-order valence-electron chi connectivity index (χ2n) is 12.6. The van der Waals surface area contributed by atoms with Gasteiger partial charge in [-0.2, -0.15) is 0 Å². The first-order chi connectivity index (χ1) is 14.2. The van der Waals surface area contributed by atoms with Crippen LogP contribution in [0.15, 0.2) is 11.6 Å². The van der Waals surface area contributed by atoms with Gasteiger partial charge in [-0.05, 0) is 111 Å². The molecule has 11 atom stereocenters. The van der Waals surface area contributed by atoms with Crippen LogP contribution in [-0.2, 0) is 0 Å². The van der Waals surface area contributed by atoms with Crippen molar-refractivity contribution in [2.75, 3.05) is 6.54 Å². The van der Waals surface area contributed by atoms with Gasteiger partial charge in [-0.1, -0.05) is 39.3 Å². The molecule has 1 saturated heterocycles. The standard InChI is InChI=1S/C27H45NO2/c1-16-5-8-23(28-15-16)17(2)25-24(30)14-22-20-7-6-18-13-19(29)9-11-26(18,3)21(20)10-12-27(22,25)4/h6,16-17,19-25,28-30H,5,7-15H2,1-4H3/t16-,17+,19?,20+,21-,22-,23+,24+,25-,26-,27-/m0/s1. The Morgan fingerprint density at radius 2 is 1.87 bits per heavy atom. The van der Waals surface area contributed by atoms with E-state index in [9.17, 15) is 10.2 Å². The van der Waals surface area contributed by atoms with E-state index in [-0.39, 0.29) is 17.6 Å². The van der Waals surface area contributed by atoms with E-state index in [2.05, 4.69) is 39.1 Å². The van der Waals surface area contributed by atoms with Crippen molar-refractivity contribution >= 4 is 0 Å². The lowest BCUT2D eigenvalue weighted by Gasteiger charge is -2.58. The van der Waals surface area contributed by atoms with Gasteiger partial charge in [0.25, 0.3) is 0 Å². The van der Waals surface area contributed by atoms with Crippen LogP contribution in [0.3, 0.4) is 0 Å². The van der Waals surface area contributed by atoms with Gasteiger partial charge in [0.05, 0.1) is 12.2 Å². The van der Waals surface area contributed by atoms with Gasteiger partial charge in [0.1, 0.15) is 0 Å². The molecule has 0 aromatic carbocycles. The summed E-state index contributed by atoms with van der Waals surface area (Å²) < 4.78 is 0. The normalized spacial score (nSPS) is 54.5. The third kappa shape index (κ3) is 3.17. The number of aliphatic hydroxyl groups is 2. The fourth-order valence-electron chi connectivity index (χ4n) is 9.36. The number of allylic oxidation sites excluding steroid dienone is 1. The van der Waals surface area contributed by atoms with Crippen molar-refractivity contribution in [3.63, 3.8) is 0 Å². The van der Waals surface area contributed by atoms with E-state index in [1.807, 2.05) is 0 Å². The molecule has 0 spiro atoms. The Hall–Kier alpha value is -0.380. The molecule has 4 aliphatic carbocycles. The van der Waals surface area contributed by atoms with Crippen molar-refractivity contribution in [1.82, 2.24) is 5.32 Å². The lowest BCUT2D eigenvalue weighted by molar-refractivity contribution is -0.0655. The second-order valence-corrected chi connectivity index (χ2v) is 12.6. The molecule has 1 aliphatic heterocycles. The monoisotopic (exact) mass is 415 g/mol. The van der Waals surface area contributed by atoms with E-state index >= 15 is 0 Å². The summed E-state index contributed by atoms with van der Waals surface area (Å²) in [6.45, 7) is 11.0. The largest absolute Gasteiger partial charge is 0.393 e. The third-order valence-corrected chi connectivity index (χ3v) is 11.1. The number of nitrogens with one attached hydrogen (secondary N) is 1. The second kappa shape index (κ2) is 7.59. The van der Waals surface area contributed by atoms with Crippen LogP contribution in [0.4, 0.5) is 0 Å². The van der Waals surface area contributed by atoms with Crippen LogP contribution in [0.1, 0.15) is 85.5 Å². The van der Waals surface area contributed by atoms with Gasteiger partial charge in [-0.15, -0.1) is 0 Å². The van der Waals surface area contributed by atoms with Crippen LogP contribution in [0, 0.1) is 46.3 Å². The minimum atomic E-state index is -0.138. The van der Waals surface area contributed by atoms with Crippen molar-refractivity contribution in [1.29, 1.82) is 0 Å². The van der Waals surface area contributed by atoms with Gasteiger partial charge < -0.3 is 15.5 Å². The Morgan fingerprint density at radius 3 is 2.60 bits per heavy atom. The Kier molecular flexibility index (Phi) is 5.43. The molecule has 4 fully saturated rings. The summed E-state index contributed by atoms with van der Waals surface area (Å²) in [4.78, 5) is 0. The van der Waals surface area contributed by atoms with E-state index in [1.165, 1.54) is 32.1 Å². The first kappa shape index (κ1) is 21.5. The van der Waals surface area contributed by atoms with Gasteiger partial charge in [-0.25, -0.2) is 0 Å². The lowest BCUT2D eigenvalue weighted by atomic mass is 9.47. The topological polar surface area (TPSA) is 52.5 Å². The summed E-state index contributed by atoms with van der Waals surface area (Å²) in [5.74, 6) is 3.90. The molecular weight excluding hydrogens is 370 g/mol. The summed E-state index contributed by atoms with van der Waals surface area (Å²) in [7, 11) is 0. The SMILES string of the molecule is C[C@H]1CC[C@H]([C@@H](C)[C@H]2[C@H](O)C[C@H]3[C@@H]4CC=C5CC(O)CC[C@]5(C)[C@H]4CC[C@]23C)NC1. The van der Waals surface area contributed by atoms with Crippen molar-refractivity contribution in [3.05, 3.63) is 11.6 Å². The molecule has 0 radical (unpaired) electrons. The maximum atomic E-state index is 11.4. The van der Waals surface area contributed by atoms with Crippen molar-refractivity contribution in [2.24, 2.45) is 46.3 Å². The molecule has 5 aliphatic rings. The van der Waals surface area contributed by atoms with Gasteiger partial charge >= 0.3 is 0 Å². The van der Waals surface area contributed by atoms with Crippen molar-refractivity contribution < 1.29 is 10.2 Å². The zero-order chi connectivity index (χ0) is 21.3. The predicted octanol–water partition coefficient (Wildman–Crippen LogP) is 4.92. The first-order valence-corrected chi connectivity index (χ1v) is 13.0. The number of aliphatic hydroxyl groups excluding tert-OH is 2. The Morgan fingerprint density at radius 1 is 1.07 bits per heavy atom. The lowest BCUT2D eigenvalue weighted by Crippen LogP contribution is -2.53. The number of hydrogen-bond donors (Lipinski definition) is 3. The van der Waals surface area contributed by atoms with E-state index in [0.717, 1.165) is 50.0 Å². The molecule has 0 bridgehead atoms. The molecule has 1 unspecified atom stereocenters. The molecule has 3 saturated carbocycles. The van der Waals surface area contributed by atoms with Gasteiger partial charge in [-0.3, -0.25) is 0 Å². The molecule has 5 rings (SSSR count). The highest BCUT2D eigenvalue weighted by Gasteiger charge is 2.62. The highest BCUT2D eigenvalue weighted by Crippen LogP contribution is 2.67. The summed E-state index contributed by atoms with van der Waals surface area (Å²) in [6.07, 6.45) is 12.6. The zero-order valence-electron chi connectivity index (χ0n) is 19.7. The van der Waals surface area contributed by atoms with Gasteiger partial charge in [0, 0.05) is 6.04 Å². The molecule has 0 aromatic heterocycles. The summed E-state index contributed by atoms with van der Waals surface area (Å²) in [5.41, 5.74) is 2.12. The Balaban J connectivity index is 1.39. The van der Waals surface area contributed by atoms with Crippen LogP contribution < -0.4 is 5.32 Å². The summed E-state index contributed by atoms with van der Waals surface area (Å²) in [5, 5.41) is 25.5. The van der Waals surface area contributed by atoms with Crippen molar-refractivity contribution in [3.8, 4) is 0 Å². The van der Waals surface area contributed by atoms with Gasteiger partial charge in [0.2, 0.25) is 0 Å². The number of fused-ring (bicyclic) bond motifs is 5. The molecule has 3 nitrogen and oxygen atoms in total. The number of hydrogen-bond acceptors (Lipinski definition) is 3. The molecular formula is C27H45NO2. The smallest absolute Gasteiger partial charge is 0.0579 e. The quantitative estimate of drug-likeness (QED) is 0.561. The molecule has 0 aromatic rings. The Labute approximate surface area is 184 Å². The van der Waals surface area contributed by atoms with E-state index in [1.54, 1.807) is 5.57 Å². The molecule has 3 heteroatoms. The average molecular weight is 416 g/mol. The molecule has 1 heterocycles. The van der Waals surface area contributed by atoms with Gasteiger partial charge in [0.15, 0.2) is 0 Å². The van der Waals surface area contributed by atoms with Crippen LogP contribution in [0.25, 0.3) is 0 Å². The van der Waals surface area contributed by atoms with Crippen LogP contribution >= 0.6 is 0 Å². The molecule has 3 N–H and O–H groups in total. The highest BCUT2D eigenvalue weighted by molar-refractivity contribution is 5.25. The summed E-state index contributed by atoms with van der Waals surface area (Å²) in [6, 6.07) is 0.573. The number of rotatable bonds is 2.